The highest BCUT2D eigenvalue weighted by atomic mass is 32.1. The second-order valence-electron chi connectivity index (χ2n) is 1.19. The van der Waals surface area contributed by atoms with E-state index >= 15 is 0 Å². The molecular weight excluding hydrogens is 112 g/mol. The molecule has 0 fully saturated rings. The molecule has 0 radical (unpaired) electrons. The predicted molar refractivity (Wildman–Crippen MR) is 30.5 cm³/mol. The first-order valence-electron chi connectivity index (χ1n) is 1.82. The Kier molecular flexibility index (Phi) is 1.07. The normalized spacial score (nSPS) is 19.1. The van der Waals surface area contributed by atoms with Crippen LogP contribution in [-0.4, -0.2) is 17.2 Å². The molecule has 2 N–H and O–H groups in total. The molecule has 4 nitrogen and oxygen atoms in total. The van der Waals surface area contributed by atoms with Crippen molar-refractivity contribution >= 4 is 17.8 Å². The van der Waals surface area contributed by atoms with Gasteiger partial charge < -0.3 is 0 Å². The molecule has 0 bridgehead atoms. The summed E-state index contributed by atoms with van der Waals surface area (Å²) in [5.74, 6) is 0. The smallest absolute Gasteiger partial charge is 0.196 e. The fraction of sp³-hybridized carbons (Fsp3) is 0.500. The molecule has 0 aromatic rings. The lowest BCUT2D eigenvalue weighted by molar-refractivity contribution is 0.352. The number of amidine groups is 1. The summed E-state index contributed by atoms with van der Waals surface area (Å²) in [5, 5.41) is 5.96. The van der Waals surface area contributed by atoms with E-state index in [-0.39, 0.29) is 0 Å². The number of hydrogen-bond donors (Lipinski definition) is 3. The van der Waals surface area contributed by atoms with Crippen LogP contribution in [0.2, 0.25) is 0 Å². The van der Waals surface area contributed by atoms with Crippen LogP contribution in [0.5, 0.6) is 0 Å². The average molecular weight is 118 g/mol. The Morgan fingerprint density at radius 2 is 2.57 bits per heavy atom. The summed E-state index contributed by atoms with van der Waals surface area (Å²) in [6.07, 6.45) is 0. The van der Waals surface area contributed by atoms with Gasteiger partial charge in [0.2, 0.25) is 0 Å². The third kappa shape index (κ3) is 0.779. The third-order valence-electron chi connectivity index (χ3n) is 0.674. The van der Waals surface area contributed by atoms with Crippen molar-refractivity contribution in [2.45, 2.75) is 0 Å². The first-order valence-corrected chi connectivity index (χ1v) is 2.26. The van der Waals surface area contributed by atoms with Gasteiger partial charge in [0, 0.05) is 7.05 Å². The molecule has 5 heteroatoms. The zero-order valence-electron chi connectivity index (χ0n) is 3.84. The Bertz CT molecular complexity index is 99.9. The maximum atomic E-state index is 3.94. The summed E-state index contributed by atoms with van der Waals surface area (Å²) in [6, 6.07) is 0. The maximum Gasteiger partial charge on any atom is 0.196 e. The predicted octanol–water partition coefficient (Wildman–Crippen LogP) is -0.858. The Hall–Kier alpha value is -0.420. The van der Waals surface area contributed by atoms with Crippen LogP contribution in [-0.2, 0) is 0 Å². The highest BCUT2D eigenvalue weighted by Crippen LogP contribution is 1.89. The monoisotopic (exact) mass is 118 g/mol. The second kappa shape index (κ2) is 1.59. The molecule has 0 atom stereocenters. The van der Waals surface area contributed by atoms with Gasteiger partial charge in [0.15, 0.2) is 5.17 Å². The second-order valence-corrected chi connectivity index (χ2v) is 1.59. The molecule has 0 spiro atoms. The molecule has 0 aromatic carbocycles. The molecular formula is C2H6N4S. The van der Waals surface area contributed by atoms with Crippen molar-refractivity contribution in [1.82, 2.24) is 16.1 Å². The molecule has 40 valence electrons. The van der Waals surface area contributed by atoms with Gasteiger partial charge in [-0.15, -0.1) is 23.3 Å². The standard InChI is InChI=1S/C2H6N4S/c1-6-2(7)3-4-5-6/h4-5H,1H3,(H,3,7). The topological polar surface area (TPSA) is 39.7 Å². The van der Waals surface area contributed by atoms with Crippen LogP contribution >= 0.6 is 12.6 Å². The van der Waals surface area contributed by atoms with E-state index in [9.17, 15) is 0 Å². The Labute approximate surface area is 46.9 Å². The minimum atomic E-state index is 0.639. The van der Waals surface area contributed by atoms with E-state index in [0.29, 0.717) is 5.17 Å². The zero-order valence-corrected chi connectivity index (χ0v) is 4.74. The maximum absolute atomic E-state index is 3.94. The van der Waals surface area contributed by atoms with Crippen molar-refractivity contribution in [1.29, 1.82) is 0 Å². The Morgan fingerprint density at radius 3 is 2.71 bits per heavy atom. The zero-order chi connectivity index (χ0) is 5.28. The van der Waals surface area contributed by atoms with E-state index in [1.165, 1.54) is 0 Å². The van der Waals surface area contributed by atoms with E-state index in [1.54, 1.807) is 5.01 Å². The lowest BCUT2D eigenvalue weighted by atomic mass is 11.1. The summed E-state index contributed by atoms with van der Waals surface area (Å²) in [4.78, 5) is 0. The molecule has 1 aliphatic rings. The number of hydrazone groups is 1. The van der Waals surface area contributed by atoms with Crippen LogP contribution in [0, 0.1) is 0 Å². The van der Waals surface area contributed by atoms with Crippen LogP contribution in [0.25, 0.3) is 0 Å². The highest BCUT2D eigenvalue weighted by molar-refractivity contribution is 7.96. The number of hydrogen-bond acceptors (Lipinski definition) is 4. The van der Waals surface area contributed by atoms with Gasteiger partial charge in [-0.05, 0) is 0 Å². The molecule has 0 saturated heterocycles. The van der Waals surface area contributed by atoms with Gasteiger partial charge in [0.05, 0.1) is 0 Å². The van der Waals surface area contributed by atoms with Crippen LogP contribution in [0.3, 0.4) is 0 Å². The lowest BCUT2D eigenvalue weighted by Gasteiger charge is -2.05. The first kappa shape index (κ1) is 4.73. The van der Waals surface area contributed by atoms with Gasteiger partial charge >= 0.3 is 0 Å². The van der Waals surface area contributed by atoms with Crippen LogP contribution in [0.15, 0.2) is 5.10 Å². The Morgan fingerprint density at radius 1 is 1.86 bits per heavy atom. The number of hydrazine groups is 2. The van der Waals surface area contributed by atoms with Gasteiger partial charge in [-0.3, -0.25) is 5.01 Å². The van der Waals surface area contributed by atoms with Crippen molar-refractivity contribution in [3.8, 4) is 0 Å². The quantitative estimate of drug-likeness (QED) is 0.362. The molecule has 0 amide bonds. The van der Waals surface area contributed by atoms with Crippen LogP contribution in [0.4, 0.5) is 0 Å². The fourth-order valence-corrected chi connectivity index (χ4v) is 0.375. The van der Waals surface area contributed by atoms with Gasteiger partial charge in [-0.1, -0.05) is 0 Å². The van der Waals surface area contributed by atoms with Crippen molar-refractivity contribution in [3.63, 3.8) is 0 Å². The molecule has 0 saturated carbocycles. The van der Waals surface area contributed by atoms with E-state index in [2.05, 4.69) is 28.8 Å². The molecule has 1 aliphatic heterocycles. The highest BCUT2D eigenvalue weighted by Gasteiger charge is 2.03. The summed E-state index contributed by atoms with van der Waals surface area (Å²) in [5.41, 5.74) is 5.18. The lowest BCUT2D eigenvalue weighted by Crippen LogP contribution is -2.35. The van der Waals surface area contributed by atoms with Crippen molar-refractivity contribution in [2.24, 2.45) is 5.10 Å². The number of rotatable bonds is 0. The molecule has 7 heavy (non-hydrogen) atoms. The van der Waals surface area contributed by atoms with E-state index < -0.39 is 0 Å². The minimum absolute atomic E-state index is 0.639. The number of nitrogens with zero attached hydrogens (tertiary/aromatic N) is 2. The summed E-state index contributed by atoms with van der Waals surface area (Å²) in [6.45, 7) is 0. The van der Waals surface area contributed by atoms with E-state index in [4.69, 9.17) is 0 Å². The molecule has 0 aromatic heterocycles. The van der Waals surface area contributed by atoms with Crippen LogP contribution in [0.1, 0.15) is 0 Å². The van der Waals surface area contributed by atoms with Crippen molar-refractivity contribution < 1.29 is 0 Å². The first-order chi connectivity index (χ1) is 3.30. The summed E-state index contributed by atoms with van der Waals surface area (Å²) < 4.78 is 0. The summed E-state index contributed by atoms with van der Waals surface area (Å²) >= 11 is 3.94. The van der Waals surface area contributed by atoms with E-state index in [0.717, 1.165) is 0 Å². The van der Waals surface area contributed by atoms with Gasteiger partial charge in [0.1, 0.15) is 0 Å². The molecule has 1 rings (SSSR count). The van der Waals surface area contributed by atoms with Gasteiger partial charge in [0.25, 0.3) is 0 Å². The summed E-state index contributed by atoms with van der Waals surface area (Å²) in [7, 11) is 1.81. The average Bonchev–Trinajstić information content (AvgIpc) is 1.91. The number of thiol groups is 1. The number of nitrogens with one attached hydrogen (secondary N) is 2. The molecule has 0 unspecified atom stereocenters. The van der Waals surface area contributed by atoms with Gasteiger partial charge in [-0.2, -0.15) is 0 Å². The largest absolute Gasteiger partial charge is 0.269 e. The van der Waals surface area contributed by atoms with E-state index in [1.807, 2.05) is 7.05 Å². The SMILES string of the molecule is CN1NNN=C1S. The van der Waals surface area contributed by atoms with Crippen LogP contribution < -0.4 is 11.1 Å². The Balaban J connectivity index is 2.54. The fourth-order valence-electron chi connectivity index (χ4n) is 0.275. The van der Waals surface area contributed by atoms with Gasteiger partial charge in [-0.25, -0.2) is 5.53 Å². The molecule has 0 aliphatic carbocycles. The molecule has 1 heterocycles. The minimum Gasteiger partial charge on any atom is -0.269 e. The van der Waals surface area contributed by atoms with Crippen molar-refractivity contribution in [3.05, 3.63) is 0 Å². The third-order valence-corrected chi connectivity index (χ3v) is 1.07. The van der Waals surface area contributed by atoms with Crippen molar-refractivity contribution in [2.75, 3.05) is 7.05 Å².